The Morgan fingerprint density at radius 2 is 1.18 bits per heavy atom. The molecule has 0 amide bonds. The number of para-hydroxylation sites is 4. The average Bonchev–Trinajstić information content (AvgIpc) is 3.52. The first-order valence-electron chi connectivity index (χ1n) is 13.8. The van der Waals surface area contributed by atoms with Crippen LogP contribution in [-0.2, 0) is 0 Å². The molecule has 0 saturated heterocycles. The van der Waals surface area contributed by atoms with E-state index in [2.05, 4.69) is 137 Å². The van der Waals surface area contributed by atoms with Gasteiger partial charge in [-0.1, -0.05) is 72.8 Å². The monoisotopic (exact) mass is 508 g/mol. The summed E-state index contributed by atoms with van der Waals surface area (Å²) >= 11 is 0. The molecule has 0 bridgehead atoms. The van der Waals surface area contributed by atoms with Crippen molar-refractivity contribution in [3.05, 3.63) is 127 Å². The van der Waals surface area contributed by atoms with Crippen molar-refractivity contribution in [3.8, 4) is 22.9 Å². The predicted molar refractivity (Wildman–Crippen MR) is 166 cm³/mol. The molecule has 4 heteroatoms. The second-order valence-electron chi connectivity index (χ2n) is 10.9. The summed E-state index contributed by atoms with van der Waals surface area (Å²) in [4.78, 5) is 0. The van der Waals surface area contributed by atoms with Crippen molar-refractivity contribution in [3.63, 3.8) is 0 Å². The third-order valence-electron chi connectivity index (χ3n) is 8.96. The van der Waals surface area contributed by atoms with Gasteiger partial charge in [0, 0.05) is 32.9 Å². The summed E-state index contributed by atoms with van der Waals surface area (Å²) in [5.74, 6) is 1.90. The van der Waals surface area contributed by atoms with E-state index < -0.39 is 0 Å². The summed E-state index contributed by atoms with van der Waals surface area (Å²) < 4.78 is 11.6. The van der Waals surface area contributed by atoms with E-state index in [0.29, 0.717) is 0 Å². The molecule has 0 unspecified atom stereocenters. The fraction of sp³-hybridized carbons (Fsp3) is 0. The molecular formula is C36H21BN2O. The Kier molecular flexibility index (Phi) is 3.75. The van der Waals surface area contributed by atoms with Crippen LogP contribution >= 0.6 is 0 Å². The molecule has 0 aliphatic carbocycles. The molecule has 0 atom stereocenters. The summed E-state index contributed by atoms with van der Waals surface area (Å²) in [5, 5.41) is 5.00. The minimum atomic E-state index is 0.0853. The Labute approximate surface area is 230 Å². The Morgan fingerprint density at radius 3 is 2.02 bits per heavy atom. The topological polar surface area (TPSA) is 19.1 Å². The lowest BCUT2D eigenvalue weighted by molar-refractivity contribution is 0.488. The molecule has 2 aliphatic rings. The maximum Gasteiger partial charge on any atom is 0.256 e. The van der Waals surface area contributed by atoms with Crippen molar-refractivity contribution in [1.29, 1.82) is 0 Å². The summed E-state index contributed by atoms with van der Waals surface area (Å²) in [6, 6.07) is 46.1. The summed E-state index contributed by atoms with van der Waals surface area (Å²) in [6.07, 6.45) is 0. The fourth-order valence-corrected chi connectivity index (χ4v) is 7.40. The number of nitrogens with zero attached hydrogens (tertiary/aromatic N) is 2. The standard InChI is InChI=1S/C36H21BN2O/c1-2-10-22(11-3-1)38-29-15-7-5-13-24(29)26-20-34-28(21-32(26)38)37-27-14-6-9-17-31(27)39-30-16-8-4-12-23(30)25-18-19-33(40-34)35(37)36(25)39/h1-21H. The molecule has 8 aromatic rings. The number of rotatable bonds is 1. The molecule has 0 saturated carbocycles. The van der Waals surface area contributed by atoms with Crippen molar-refractivity contribution in [2.45, 2.75) is 0 Å². The number of benzene rings is 6. The van der Waals surface area contributed by atoms with Crippen LogP contribution in [-0.4, -0.2) is 15.8 Å². The first-order chi connectivity index (χ1) is 19.9. The largest absolute Gasteiger partial charge is 0.458 e. The van der Waals surface area contributed by atoms with Crippen LogP contribution in [0.25, 0.3) is 55.0 Å². The van der Waals surface area contributed by atoms with Crippen molar-refractivity contribution in [2.75, 3.05) is 0 Å². The van der Waals surface area contributed by atoms with Crippen LogP contribution in [0.2, 0.25) is 0 Å². The minimum Gasteiger partial charge on any atom is -0.458 e. The lowest BCUT2D eigenvalue weighted by Crippen LogP contribution is -2.58. The van der Waals surface area contributed by atoms with Crippen molar-refractivity contribution >= 4 is 66.7 Å². The van der Waals surface area contributed by atoms with Crippen molar-refractivity contribution in [2.24, 2.45) is 0 Å². The van der Waals surface area contributed by atoms with Crippen LogP contribution in [0, 0.1) is 0 Å². The van der Waals surface area contributed by atoms with Crippen LogP contribution in [0.4, 0.5) is 0 Å². The highest BCUT2D eigenvalue weighted by Crippen LogP contribution is 2.40. The van der Waals surface area contributed by atoms with Crippen LogP contribution < -0.4 is 21.1 Å². The molecular weight excluding hydrogens is 487 g/mol. The molecule has 0 radical (unpaired) electrons. The smallest absolute Gasteiger partial charge is 0.256 e. The Hall–Kier alpha value is -5.22. The van der Waals surface area contributed by atoms with Gasteiger partial charge in [-0.3, -0.25) is 0 Å². The highest BCUT2D eigenvalue weighted by molar-refractivity contribution is 6.99. The highest BCUT2D eigenvalue weighted by atomic mass is 16.5. The van der Waals surface area contributed by atoms with Gasteiger partial charge in [0.05, 0.1) is 22.1 Å². The summed E-state index contributed by atoms with van der Waals surface area (Å²) in [5.41, 5.74) is 11.1. The maximum absolute atomic E-state index is 6.81. The van der Waals surface area contributed by atoms with Crippen molar-refractivity contribution < 1.29 is 4.74 Å². The minimum absolute atomic E-state index is 0.0853. The Bertz CT molecular complexity index is 2360. The quantitative estimate of drug-likeness (QED) is 0.223. The first-order valence-corrected chi connectivity index (χ1v) is 13.8. The molecule has 0 spiro atoms. The molecule has 3 nitrogen and oxygen atoms in total. The molecule has 40 heavy (non-hydrogen) atoms. The number of aromatic nitrogens is 2. The molecule has 0 N–H and O–H groups in total. The fourth-order valence-electron chi connectivity index (χ4n) is 7.40. The molecule has 4 heterocycles. The number of hydrogen-bond acceptors (Lipinski definition) is 1. The van der Waals surface area contributed by atoms with Gasteiger partial charge < -0.3 is 13.9 Å². The van der Waals surface area contributed by atoms with Gasteiger partial charge in [0.2, 0.25) is 0 Å². The first kappa shape index (κ1) is 20.7. The highest BCUT2D eigenvalue weighted by Gasteiger charge is 2.40. The Balaban J connectivity index is 1.36. The van der Waals surface area contributed by atoms with Gasteiger partial charge in [0.25, 0.3) is 6.71 Å². The van der Waals surface area contributed by atoms with Crippen LogP contribution in [0.5, 0.6) is 11.5 Å². The van der Waals surface area contributed by atoms with E-state index in [9.17, 15) is 0 Å². The molecule has 184 valence electrons. The van der Waals surface area contributed by atoms with E-state index in [0.717, 1.165) is 17.2 Å². The average molecular weight is 508 g/mol. The van der Waals surface area contributed by atoms with Gasteiger partial charge in [0.1, 0.15) is 11.5 Å². The zero-order valence-corrected chi connectivity index (χ0v) is 21.5. The summed E-state index contributed by atoms with van der Waals surface area (Å²) in [6.45, 7) is 0.0853. The van der Waals surface area contributed by atoms with Gasteiger partial charge in [0.15, 0.2) is 0 Å². The maximum atomic E-state index is 6.81. The SMILES string of the molecule is c1ccc(-n2c3ccccc3c3cc4c(cc32)B2c3ccccc3-n3c5ccccc5c5ccc(c2c53)O4)cc1. The lowest BCUT2D eigenvalue weighted by atomic mass is 9.34. The van der Waals surface area contributed by atoms with E-state index in [1.165, 1.54) is 65.7 Å². The third kappa shape index (κ3) is 2.43. The van der Waals surface area contributed by atoms with Crippen LogP contribution in [0.15, 0.2) is 127 Å². The van der Waals surface area contributed by atoms with Gasteiger partial charge >= 0.3 is 0 Å². The molecule has 6 aromatic carbocycles. The van der Waals surface area contributed by atoms with Gasteiger partial charge in [-0.05, 0) is 71.0 Å². The zero-order valence-electron chi connectivity index (χ0n) is 21.5. The molecule has 10 rings (SSSR count). The normalized spacial score (nSPS) is 13.2. The van der Waals surface area contributed by atoms with E-state index >= 15 is 0 Å². The van der Waals surface area contributed by atoms with E-state index in [1.54, 1.807) is 0 Å². The van der Waals surface area contributed by atoms with E-state index in [4.69, 9.17) is 4.74 Å². The predicted octanol–water partition coefficient (Wildman–Crippen LogP) is 6.82. The van der Waals surface area contributed by atoms with Crippen LogP contribution in [0.3, 0.4) is 0 Å². The van der Waals surface area contributed by atoms with Crippen LogP contribution in [0.1, 0.15) is 0 Å². The number of fused-ring (bicyclic) bond motifs is 11. The molecule has 2 aromatic heterocycles. The Morgan fingerprint density at radius 1 is 0.475 bits per heavy atom. The zero-order chi connectivity index (χ0) is 25.9. The van der Waals surface area contributed by atoms with E-state index in [-0.39, 0.29) is 6.71 Å². The molecule has 2 aliphatic heterocycles. The lowest BCUT2D eigenvalue weighted by Gasteiger charge is -2.33. The molecule has 0 fully saturated rings. The van der Waals surface area contributed by atoms with Crippen molar-refractivity contribution in [1.82, 2.24) is 9.13 Å². The van der Waals surface area contributed by atoms with E-state index in [1.807, 2.05) is 0 Å². The van der Waals surface area contributed by atoms with Gasteiger partial charge in [-0.15, -0.1) is 0 Å². The van der Waals surface area contributed by atoms with Gasteiger partial charge in [-0.25, -0.2) is 0 Å². The number of ether oxygens (including phenoxy) is 1. The number of hydrogen-bond donors (Lipinski definition) is 0. The van der Waals surface area contributed by atoms with Gasteiger partial charge in [-0.2, -0.15) is 0 Å². The second-order valence-corrected chi connectivity index (χ2v) is 10.9. The summed E-state index contributed by atoms with van der Waals surface area (Å²) in [7, 11) is 0. The third-order valence-corrected chi connectivity index (χ3v) is 8.96. The second kappa shape index (κ2) is 7.25.